The third kappa shape index (κ3) is 4.00. The Morgan fingerprint density at radius 2 is 1.84 bits per heavy atom. The van der Waals surface area contributed by atoms with E-state index in [9.17, 15) is 9.59 Å². The normalized spacial score (nSPS) is 24.8. The molecule has 2 amide bonds. The summed E-state index contributed by atoms with van der Waals surface area (Å²) in [5, 5.41) is 0. The number of likely N-dealkylation sites (tertiary alicyclic amines) is 1. The Balaban J connectivity index is 1.26. The van der Waals surface area contributed by atoms with Crippen molar-refractivity contribution in [3.8, 4) is 0 Å². The number of carbonyl (C=O) groups excluding carboxylic acids is 2. The Labute approximate surface area is 148 Å². The van der Waals surface area contributed by atoms with Crippen LogP contribution in [0.2, 0.25) is 0 Å². The fourth-order valence-corrected chi connectivity index (χ4v) is 3.86. The smallest absolute Gasteiger partial charge is 0.228 e. The van der Waals surface area contributed by atoms with Crippen LogP contribution < -0.4 is 0 Å². The molecule has 1 atom stereocenters. The van der Waals surface area contributed by atoms with Gasteiger partial charge in [-0.25, -0.2) is 0 Å². The second kappa shape index (κ2) is 7.12. The van der Waals surface area contributed by atoms with Gasteiger partial charge in [0.25, 0.3) is 0 Å². The van der Waals surface area contributed by atoms with Crippen molar-refractivity contribution in [3.05, 3.63) is 30.1 Å². The van der Waals surface area contributed by atoms with E-state index in [0.717, 1.165) is 39.3 Å². The van der Waals surface area contributed by atoms with Crippen LogP contribution in [0.5, 0.6) is 0 Å². The highest BCUT2D eigenvalue weighted by atomic mass is 16.2. The van der Waals surface area contributed by atoms with E-state index in [1.165, 1.54) is 18.4 Å². The molecule has 6 heteroatoms. The SMILES string of the molecule is O=C1C[C@@H](C(=O)N2CCN(Cc3ccncc3)CC2)CN1CC1CC1. The minimum absolute atomic E-state index is 0.127. The van der Waals surface area contributed by atoms with Crippen LogP contribution in [0.25, 0.3) is 0 Å². The fraction of sp³-hybridized carbons (Fsp3) is 0.632. The fourth-order valence-electron chi connectivity index (χ4n) is 3.86. The zero-order chi connectivity index (χ0) is 17.2. The number of hydrogen-bond acceptors (Lipinski definition) is 4. The first-order valence-corrected chi connectivity index (χ1v) is 9.37. The van der Waals surface area contributed by atoms with Gasteiger partial charge >= 0.3 is 0 Å². The third-order valence-electron chi connectivity index (χ3n) is 5.58. The minimum atomic E-state index is -0.127. The van der Waals surface area contributed by atoms with E-state index in [2.05, 4.69) is 9.88 Å². The zero-order valence-corrected chi connectivity index (χ0v) is 14.6. The monoisotopic (exact) mass is 342 g/mol. The van der Waals surface area contributed by atoms with Crippen molar-refractivity contribution in [2.24, 2.45) is 11.8 Å². The molecule has 25 heavy (non-hydrogen) atoms. The highest BCUT2D eigenvalue weighted by Gasteiger charge is 2.39. The number of carbonyl (C=O) groups is 2. The van der Waals surface area contributed by atoms with Crippen LogP contribution in [0, 0.1) is 11.8 Å². The molecule has 134 valence electrons. The zero-order valence-electron chi connectivity index (χ0n) is 14.6. The number of aromatic nitrogens is 1. The lowest BCUT2D eigenvalue weighted by Crippen LogP contribution is -2.50. The largest absolute Gasteiger partial charge is 0.342 e. The van der Waals surface area contributed by atoms with Gasteiger partial charge in [-0.3, -0.25) is 19.5 Å². The van der Waals surface area contributed by atoms with Gasteiger partial charge in [-0.1, -0.05) is 0 Å². The first-order chi connectivity index (χ1) is 12.2. The molecule has 6 nitrogen and oxygen atoms in total. The van der Waals surface area contributed by atoms with Crippen LogP contribution in [0.1, 0.15) is 24.8 Å². The maximum absolute atomic E-state index is 12.8. The van der Waals surface area contributed by atoms with E-state index in [1.807, 2.05) is 34.3 Å². The molecular formula is C19H26N4O2. The van der Waals surface area contributed by atoms with E-state index >= 15 is 0 Å². The Morgan fingerprint density at radius 3 is 2.52 bits per heavy atom. The molecule has 3 heterocycles. The quantitative estimate of drug-likeness (QED) is 0.801. The lowest BCUT2D eigenvalue weighted by atomic mass is 10.1. The summed E-state index contributed by atoms with van der Waals surface area (Å²) in [5.74, 6) is 0.907. The maximum Gasteiger partial charge on any atom is 0.228 e. The first kappa shape index (κ1) is 16.5. The Kier molecular flexibility index (Phi) is 4.70. The summed E-state index contributed by atoms with van der Waals surface area (Å²) in [6.45, 7) is 5.70. The topological polar surface area (TPSA) is 56.8 Å². The van der Waals surface area contributed by atoms with Crippen LogP contribution in [0.3, 0.4) is 0 Å². The number of nitrogens with zero attached hydrogens (tertiary/aromatic N) is 4. The van der Waals surface area contributed by atoms with Gasteiger partial charge in [0.1, 0.15) is 0 Å². The molecule has 2 aliphatic heterocycles. The standard InChI is InChI=1S/C19H26N4O2/c24-18-11-17(14-23(18)13-15-1-2-15)19(25)22-9-7-21(8-10-22)12-16-3-5-20-6-4-16/h3-6,15,17H,1-2,7-14H2/t17-/m1/s1. The summed E-state index contributed by atoms with van der Waals surface area (Å²) in [5.41, 5.74) is 1.26. The van der Waals surface area contributed by atoms with Crippen LogP contribution in [-0.2, 0) is 16.1 Å². The van der Waals surface area contributed by atoms with E-state index in [0.29, 0.717) is 18.9 Å². The number of hydrogen-bond donors (Lipinski definition) is 0. The molecule has 0 aromatic carbocycles. The first-order valence-electron chi connectivity index (χ1n) is 9.37. The van der Waals surface area contributed by atoms with Crippen LogP contribution in [0.4, 0.5) is 0 Å². The van der Waals surface area contributed by atoms with E-state index in [-0.39, 0.29) is 17.7 Å². The Morgan fingerprint density at radius 1 is 1.12 bits per heavy atom. The average Bonchev–Trinajstić information content (AvgIpc) is 3.38. The van der Waals surface area contributed by atoms with Crippen LogP contribution in [-0.4, -0.2) is 70.8 Å². The van der Waals surface area contributed by atoms with Gasteiger partial charge in [0.15, 0.2) is 0 Å². The summed E-state index contributed by atoms with van der Waals surface area (Å²) in [7, 11) is 0. The molecule has 4 rings (SSSR count). The average molecular weight is 342 g/mol. The predicted octanol–water partition coefficient (Wildman–Crippen LogP) is 0.984. The number of rotatable bonds is 5. The van der Waals surface area contributed by atoms with Gasteiger partial charge in [0.2, 0.25) is 11.8 Å². The van der Waals surface area contributed by atoms with Gasteiger partial charge < -0.3 is 9.80 Å². The number of amides is 2. The molecule has 1 aliphatic carbocycles. The van der Waals surface area contributed by atoms with Gasteiger partial charge in [-0.15, -0.1) is 0 Å². The van der Waals surface area contributed by atoms with Crippen molar-refractivity contribution >= 4 is 11.8 Å². The second-order valence-corrected chi connectivity index (χ2v) is 7.60. The predicted molar refractivity (Wildman–Crippen MR) is 93.5 cm³/mol. The molecule has 0 unspecified atom stereocenters. The Bertz CT molecular complexity index is 624. The number of piperazine rings is 1. The molecule has 1 aromatic rings. The van der Waals surface area contributed by atoms with E-state index in [1.54, 1.807) is 0 Å². The Hall–Kier alpha value is -1.95. The van der Waals surface area contributed by atoms with Crippen molar-refractivity contribution in [2.45, 2.75) is 25.8 Å². The van der Waals surface area contributed by atoms with Crippen molar-refractivity contribution in [2.75, 3.05) is 39.3 Å². The molecule has 1 aromatic heterocycles. The second-order valence-electron chi connectivity index (χ2n) is 7.60. The molecule has 0 N–H and O–H groups in total. The van der Waals surface area contributed by atoms with Crippen molar-refractivity contribution < 1.29 is 9.59 Å². The molecule has 0 radical (unpaired) electrons. The van der Waals surface area contributed by atoms with Gasteiger partial charge in [-0.2, -0.15) is 0 Å². The number of pyridine rings is 1. The molecule has 3 fully saturated rings. The van der Waals surface area contributed by atoms with Gasteiger partial charge in [0, 0.05) is 64.6 Å². The molecule has 0 spiro atoms. The van der Waals surface area contributed by atoms with Gasteiger partial charge in [0.05, 0.1) is 5.92 Å². The maximum atomic E-state index is 12.8. The summed E-state index contributed by atoms with van der Waals surface area (Å²) >= 11 is 0. The van der Waals surface area contributed by atoms with Crippen LogP contribution in [0.15, 0.2) is 24.5 Å². The van der Waals surface area contributed by atoms with Crippen LogP contribution >= 0.6 is 0 Å². The molecular weight excluding hydrogens is 316 g/mol. The van der Waals surface area contributed by atoms with Crippen molar-refractivity contribution in [1.29, 1.82) is 0 Å². The molecule has 1 saturated carbocycles. The summed E-state index contributed by atoms with van der Waals surface area (Å²) in [6.07, 6.45) is 6.52. The van der Waals surface area contributed by atoms with E-state index in [4.69, 9.17) is 0 Å². The van der Waals surface area contributed by atoms with Gasteiger partial charge in [-0.05, 0) is 36.5 Å². The summed E-state index contributed by atoms with van der Waals surface area (Å²) < 4.78 is 0. The molecule has 3 aliphatic rings. The summed E-state index contributed by atoms with van der Waals surface area (Å²) in [4.78, 5) is 35.2. The van der Waals surface area contributed by atoms with E-state index < -0.39 is 0 Å². The molecule has 2 saturated heterocycles. The highest BCUT2D eigenvalue weighted by molar-refractivity contribution is 5.89. The lowest BCUT2D eigenvalue weighted by molar-refractivity contribution is -0.137. The summed E-state index contributed by atoms with van der Waals surface area (Å²) in [6, 6.07) is 4.08. The minimum Gasteiger partial charge on any atom is -0.342 e. The lowest BCUT2D eigenvalue weighted by Gasteiger charge is -2.35. The molecule has 0 bridgehead atoms. The van der Waals surface area contributed by atoms with Crippen molar-refractivity contribution in [1.82, 2.24) is 19.7 Å². The highest BCUT2D eigenvalue weighted by Crippen LogP contribution is 2.32. The van der Waals surface area contributed by atoms with Crippen molar-refractivity contribution in [3.63, 3.8) is 0 Å². The third-order valence-corrected chi connectivity index (χ3v) is 5.58.